The van der Waals surface area contributed by atoms with Crippen molar-refractivity contribution in [1.82, 2.24) is 9.97 Å². The summed E-state index contributed by atoms with van der Waals surface area (Å²) in [6.45, 7) is 2.03. The highest BCUT2D eigenvalue weighted by molar-refractivity contribution is 9.10. The zero-order valence-corrected chi connectivity index (χ0v) is 11.9. The first-order valence-electron chi connectivity index (χ1n) is 5.61. The predicted molar refractivity (Wildman–Crippen MR) is 75.5 cm³/mol. The van der Waals surface area contributed by atoms with E-state index in [9.17, 15) is 0 Å². The van der Waals surface area contributed by atoms with Gasteiger partial charge in [-0.1, -0.05) is 22.9 Å². The largest absolute Gasteiger partial charge is 0.496 e. The number of halogens is 1. The minimum Gasteiger partial charge on any atom is -0.496 e. The summed E-state index contributed by atoms with van der Waals surface area (Å²) in [5.41, 5.74) is 8.32. The maximum absolute atomic E-state index is 5.73. The number of benzene rings is 1. The van der Waals surface area contributed by atoms with Crippen molar-refractivity contribution in [3.8, 4) is 17.0 Å². The fraction of sp³-hybridized carbons (Fsp3) is 0.231. The summed E-state index contributed by atoms with van der Waals surface area (Å²) in [6.07, 6.45) is 0.816. The van der Waals surface area contributed by atoms with Crippen molar-refractivity contribution in [2.75, 3.05) is 12.8 Å². The Kier molecular flexibility index (Phi) is 3.81. The lowest BCUT2D eigenvalue weighted by Crippen LogP contribution is -2.01. The molecule has 0 unspecified atom stereocenters. The molecule has 0 spiro atoms. The van der Waals surface area contributed by atoms with Crippen LogP contribution in [-0.2, 0) is 6.42 Å². The molecule has 2 N–H and O–H groups in total. The van der Waals surface area contributed by atoms with E-state index in [1.807, 2.05) is 31.2 Å². The van der Waals surface area contributed by atoms with Crippen molar-refractivity contribution in [2.24, 2.45) is 0 Å². The second-order valence-corrected chi connectivity index (χ2v) is 4.72. The summed E-state index contributed by atoms with van der Waals surface area (Å²) < 4.78 is 6.31. The van der Waals surface area contributed by atoms with Gasteiger partial charge in [-0.3, -0.25) is 0 Å². The second-order valence-electron chi connectivity index (χ2n) is 3.80. The van der Waals surface area contributed by atoms with Crippen LogP contribution in [0.25, 0.3) is 11.3 Å². The first-order valence-corrected chi connectivity index (χ1v) is 6.40. The van der Waals surface area contributed by atoms with E-state index in [1.165, 1.54) is 0 Å². The van der Waals surface area contributed by atoms with Gasteiger partial charge in [-0.2, -0.15) is 0 Å². The Morgan fingerprint density at radius 1 is 1.28 bits per heavy atom. The molecule has 0 radical (unpaired) electrons. The summed E-state index contributed by atoms with van der Waals surface area (Å²) in [7, 11) is 1.64. The summed E-state index contributed by atoms with van der Waals surface area (Å²) in [6, 6.07) is 7.71. The van der Waals surface area contributed by atoms with Crippen LogP contribution in [0.4, 0.5) is 5.95 Å². The van der Waals surface area contributed by atoms with Crippen LogP contribution in [0, 0.1) is 0 Å². The first-order chi connectivity index (χ1) is 8.63. The highest BCUT2D eigenvalue weighted by atomic mass is 79.9. The third-order valence-corrected chi connectivity index (χ3v) is 3.09. The zero-order valence-electron chi connectivity index (χ0n) is 10.3. The van der Waals surface area contributed by atoms with Crippen molar-refractivity contribution in [3.63, 3.8) is 0 Å². The first kappa shape index (κ1) is 12.8. The molecule has 0 bridgehead atoms. The molecule has 1 aromatic carbocycles. The molecule has 94 valence electrons. The second kappa shape index (κ2) is 5.35. The Morgan fingerprint density at radius 3 is 2.72 bits per heavy atom. The van der Waals surface area contributed by atoms with Crippen molar-refractivity contribution in [2.45, 2.75) is 13.3 Å². The molecule has 2 rings (SSSR count). The van der Waals surface area contributed by atoms with Crippen LogP contribution >= 0.6 is 15.9 Å². The maximum Gasteiger partial charge on any atom is 0.220 e. The van der Waals surface area contributed by atoms with Gasteiger partial charge in [-0.15, -0.1) is 0 Å². The molecule has 5 heteroatoms. The Balaban J connectivity index is 2.60. The molecular formula is C13H14BrN3O. The molecule has 1 heterocycles. The van der Waals surface area contributed by atoms with Crippen LogP contribution in [0.5, 0.6) is 5.75 Å². The van der Waals surface area contributed by atoms with Gasteiger partial charge in [0.15, 0.2) is 0 Å². The van der Waals surface area contributed by atoms with Crippen molar-refractivity contribution in [3.05, 3.63) is 34.4 Å². The number of hydrogen-bond acceptors (Lipinski definition) is 4. The lowest BCUT2D eigenvalue weighted by Gasteiger charge is -2.10. The number of ether oxygens (including phenoxy) is 1. The third kappa shape index (κ3) is 2.61. The number of nitrogen functional groups attached to an aromatic ring is 1. The van der Waals surface area contributed by atoms with Gasteiger partial charge in [-0.25, -0.2) is 9.97 Å². The normalized spacial score (nSPS) is 10.4. The van der Waals surface area contributed by atoms with Gasteiger partial charge in [-0.05, 0) is 30.7 Å². The fourth-order valence-corrected chi connectivity index (χ4v) is 2.08. The van der Waals surface area contributed by atoms with Crippen molar-refractivity contribution in [1.29, 1.82) is 0 Å². The van der Waals surface area contributed by atoms with Gasteiger partial charge >= 0.3 is 0 Å². The van der Waals surface area contributed by atoms with E-state index in [0.29, 0.717) is 0 Å². The number of rotatable bonds is 3. The average molecular weight is 308 g/mol. The van der Waals surface area contributed by atoms with E-state index < -0.39 is 0 Å². The van der Waals surface area contributed by atoms with Crippen LogP contribution in [0.15, 0.2) is 28.7 Å². The van der Waals surface area contributed by atoms with Gasteiger partial charge in [0.25, 0.3) is 0 Å². The summed E-state index contributed by atoms with van der Waals surface area (Å²) in [5.74, 6) is 1.05. The zero-order chi connectivity index (χ0) is 13.1. The third-order valence-electron chi connectivity index (χ3n) is 2.60. The maximum atomic E-state index is 5.73. The van der Waals surface area contributed by atoms with Gasteiger partial charge < -0.3 is 10.5 Å². The minimum absolute atomic E-state index is 0.284. The monoisotopic (exact) mass is 307 g/mol. The van der Waals surface area contributed by atoms with Gasteiger partial charge in [0, 0.05) is 15.7 Å². The Morgan fingerprint density at radius 2 is 2.06 bits per heavy atom. The molecule has 0 amide bonds. The van der Waals surface area contributed by atoms with E-state index in [2.05, 4.69) is 25.9 Å². The lowest BCUT2D eigenvalue weighted by atomic mass is 10.1. The molecule has 0 aliphatic carbocycles. The smallest absolute Gasteiger partial charge is 0.220 e. The van der Waals surface area contributed by atoms with Gasteiger partial charge in [0.05, 0.1) is 12.8 Å². The highest BCUT2D eigenvalue weighted by Gasteiger charge is 2.10. The summed E-state index contributed by atoms with van der Waals surface area (Å²) >= 11 is 3.45. The summed E-state index contributed by atoms with van der Waals surface area (Å²) in [4.78, 5) is 8.44. The van der Waals surface area contributed by atoms with Crippen LogP contribution in [-0.4, -0.2) is 17.1 Å². The number of nitrogens with zero attached hydrogens (tertiary/aromatic N) is 2. The van der Waals surface area contributed by atoms with Crippen LogP contribution in [0.1, 0.15) is 12.6 Å². The summed E-state index contributed by atoms with van der Waals surface area (Å²) in [5, 5.41) is 0. The van der Waals surface area contributed by atoms with Gasteiger partial charge in [0.1, 0.15) is 5.75 Å². The molecule has 4 nitrogen and oxygen atoms in total. The molecule has 1 aromatic heterocycles. The molecule has 2 aromatic rings. The van der Waals surface area contributed by atoms with E-state index in [0.717, 1.165) is 33.6 Å². The standard InChI is InChI=1S/C13H14BrN3O/c1-3-9-7-11(17-13(15)16-9)10-6-8(14)4-5-12(10)18-2/h4-7H,3H2,1-2H3,(H2,15,16,17). The molecule has 0 aliphatic heterocycles. The molecule has 0 atom stereocenters. The Bertz CT molecular complexity index is 572. The Labute approximate surface area is 114 Å². The number of anilines is 1. The number of nitrogens with two attached hydrogens (primary N) is 1. The van der Waals surface area contributed by atoms with E-state index >= 15 is 0 Å². The van der Waals surface area contributed by atoms with Crippen LogP contribution < -0.4 is 10.5 Å². The number of aryl methyl sites for hydroxylation is 1. The molecule has 0 aliphatic rings. The number of aromatic nitrogens is 2. The van der Waals surface area contributed by atoms with E-state index in [1.54, 1.807) is 7.11 Å². The van der Waals surface area contributed by atoms with E-state index in [4.69, 9.17) is 10.5 Å². The number of hydrogen-bond donors (Lipinski definition) is 1. The quantitative estimate of drug-likeness (QED) is 0.946. The van der Waals surface area contributed by atoms with Crippen molar-refractivity contribution < 1.29 is 4.74 Å². The molecule has 18 heavy (non-hydrogen) atoms. The topological polar surface area (TPSA) is 61.0 Å². The van der Waals surface area contributed by atoms with Crippen LogP contribution in [0.2, 0.25) is 0 Å². The highest BCUT2D eigenvalue weighted by Crippen LogP contribution is 2.32. The van der Waals surface area contributed by atoms with E-state index in [-0.39, 0.29) is 5.95 Å². The predicted octanol–water partition coefficient (Wildman–Crippen LogP) is 3.06. The molecule has 0 saturated carbocycles. The lowest BCUT2D eigenvalue weighted by molar-refractivity contribution is 0.416. The van der Waals surface area contributed by atoms with Crippen molar-refractivity contribution >= 4 is 21.9 Å². The fourth-order valence-electron chi connectivity index (χ4n) is 1.72. The SMILES string of the molecule is CCc1cc(-c2cc(Br)ccc2OC)nc(N)n1. The number of methoxy groups -OCH3 is 1. The van der Waals surface area contributed by atoms with Crippen LogP contribution in [0.3, 0.4) is 0 Å². The minimum atomic E-state index is 0.284. The molecular weight excluding hydrogens is 294 g/mol. The van der Waals surface area contributed by atoms with Gasteiger partial charge in [0.2, 0.25) is 5.95 Å². The molecule has 0 fully saturated rings. The molecule has 0 saturated heterocycles. The Hall–Kier alpha value is -1.62. The average Bonchev–Trinajstić information content (AvgIpc) is 2.38.